The molecule has 1 aliphatic rings. The molecule has 104 valence electrons. The first-order valence-electron chi connectivity index (χ1n) is 6.00. The van der Waals surface area contributed by atoms with Crippen LogP contribution in [0, 0.1) is 0 Å². The van der Waals surface area contributed by atoms with Crippen molar-refractivity contribution in [1.29, 1.82) is 0 Å². The Hall–Kier alpha value is -1.95. The molecule has 6 heteroatoms. The third kappa shape index (κ3) is 2.44. The number of nitrogens with one attached hydrogen (secondary N) is 1. The molecule has 1 aliphatic heterocycles. The fourth-order valence-electron chi connectivity index (χ4n) is 2.14. The highest BCUT2D eigenvalue weighted by Gasteiger charge is 2.44. The molecule has 1 aromatic rings. The molecule has 1 heterocycles. The summed E-state index contributed by atoms with van der Waals surface area (Å²) in [6.07, 6.45) is -2.75. The summed E-state index contributed by atoms with van der Waals surface area (Å²) < 4.78 is 10.8. The van der Waals surface area contributed by atoms with Crippen molar-refractivity contribution in [2.24, 2.45) is 5.73 Å². The van der Waals surface area contributed by atoms with Crippen LogP contribution in [-0.4, -0.2) is 30.0 Å². The Bertz CT molecular complexity index is 501. The van der Waals surface area contributed by atoms with E-state index >= 15 is 0 Å². The third-order valence-electron chi connectivity index (χ3n) is 3.22. The van der Waals surface area contributed by atoms with E-state index in [0.29, 0.717) is 11.3 Å². The molecule has 0 fully saturated rings. The summed E-state index contributed by atoms with van der Waals surface area (Å²) in [7, 11) is 1.79. The van der Waals surface area contributed by atoms with Crippen LogP contribution >= 0.6 is 0 Å². The molecule has 6 nitrogen and oxygen atoms in total. The van der Waals surface area contributed by atoms with Gasteiger partial charge in [0, 0.05) is 24.4 Å². The smallest absolute Gasteiger partial charge is 0.405 e. The Morgan fingerprint density at radius 3 is 2.79 bits per heavy atom. The number of hydrogen-bond donors (Lipinski definition) is 3. The molecular formula is C13H18N2O4. The first kappa shape index (κ1) is 13.5. The summed E-state index contributed by atoms with van der Waals surface area (Å²) in [6.45, 7) is 3.45. The van der Waals surface area contributed by atoms with E-state index in [2.05, 4.69) is 5.32 Å². The molecule has 0 saturated carbocycles. The lowest BCUT2D eigenvalue weighted by molar-refractivity contribution is -0.112. The number of amides is 1. The minimum atomic E-state index is -0.993. The van der Waals surface area contributed by atoms with Crippen LogP contribution in [0.1, 0.15) is 25.5 Å². The van der Waals surface area contributed by atoms with Crippen LogP contribution in [0.5, 0.6) is 5.75 Å². The number of hydrogen-bond acceptors (Lipinski definition) is 5. The molecule has 0 bridgehead atoms. The zero-order valence-electron chi connectivity index (χ0n) is 11.1. The SMILES string of the molecule is CNc1ccc2c(c1)OC(C)(C)C(O)[C@H]2OC(N)=O. The van der Waals surface area contributed by atoms with Gasteiger partial charge in [0.1, 0.15) is 17.5 Å². The van der Waals surface area contributed by atoms with Crippen LogP contribution in [0.3, 0.4) is 0 Å². The summed E-state index contributed by atoms with van der Waals surface area (Å²) in [5, 5.41) is 13.2. The van der Waals surface area contributed by atoms with Gasteiger partial charge < -0.3 is 25.6 Å². The van der Waals surface area contributed by atoms with E-state index in [1.165, 1.54) is 0 Å². The monoisotopic (exact) mass is 266 g/mol. The van der Waals surface area contributed by atoms with Crippen molar-refractivity contribution in [2.45, 2.75) is 31.7 Å². The summed E-state index contributed by atoms with van der Waals surface area (Å²) in [4.78, 5) is 11.0. The van der Waals surface area contributed by atoms with Gasteiger partial charge in [0.05, 0.1) is 0 Å². The van der Waals surface area contributed by atoms with Gasteiger partial charge in [-0.25, -0.2) is 4.79 Å². The van der Waals surface area contributed by atoms with Crippen molar-refractivity contribution in [2.75, 3.05) is 12.4 Å². The van der Waals surface area contributed by atoms with E-state index in [1.54, 1.807) is 33.0 Å². The number of aliphatic hydroxyl groups excluding tert-OH is 1. The summed E-state index contributed by atoms with van der Waals surface area (Å²) in [5.74, 6) is 0.563. The lowest BCUT2D eigenvalue weighted by Crippen LogP contribution is -2.50. The van der Waals surface area contributed by atoms with Gasteiger partial charge in [-0.3, -0.25) is 0 Å². The number of primary amides is 1. The average Bonchev–Trinajstić information content (AvgIpc) is 2.33. The maximum Gasteiger partial charge on any atom is 0.405 e. The van der Waals surface area contributed by atoms with Crippen LogP contribution in [0.25, 0.3) is 0 Å². The Balaban J connectivity index is 2.47. The molecule has 0 spiro atoms. The zero-order valence-corrected chi connectivity index (χ0v) is 11.1. The standard InChI is InChI=1S/C13H18N2O4/c1-13(2)11(16)10(18-12(14)17)8-5-4-7(15-3)6-9(8)19-13/h4-6,10-11,15-16H,1-3H3,(H2,14,17)/t10-,11?/m0/s1. The van der Waals surface area contributed by atoms with Gasteiger partial charge in [-0.2, -0.15) is 0 Å². The normalized spacial score (nSPS) is 24.0. The second-order valence-electron chi connectivity index (χ2n) is 5.01. The quantitative estimate of drug-likeness (QED) is 0.752. The molecule has 2 atom stereocenters. The predicted molar refractivity (Wildman–Crippen MR) is 70.1 cm³/mol. The maximum absolute atomic E-state index is 11.0. The van der Waals surface area contributed by atoms with Gasteiger partial charge in [0.25, 0.3) is 0 Å². The van der Waals surface area contributed by atoms with Gasteiger partial charge in [-0.05, 0) is 26.0 Å². The fraction of sp³-hybridized carbons (Fsp3) is 0.462. The molecule has 0 aliphatic carbocycles. The van der Waals surface area contributed by atoms with Crippen molar-refractivity contribution in [3.05, 3.63) is 23.8 Å². The van der Waals surface area contributed by atoms with Crippen LogP contribution in [-0.2, 0) is 4.74 Å². The molecule has 0 saturated heterocycles. The van der Waals surface area contributed by atoms with Crippen molar-refractivity contribution in [3.63, 3.8) is 0 Å². The summed E-state index contributed by atoms with van der Waals surface area (Å²) in [5.41, 5.74) is 5.65. The maximum atomic E-state index is 11.0. The van der Waals surface area contributed by atoms with Gasteiger partial charge in [-0.15, -0.1) is 0 Å². The van der Waals surface area contributed by atoms with Crippen LogP contribution in [0.2, 0.25) is 0 Å². The number of anilines is 1. The van der Waals surface area contributed by atoms with Gasteiger partial charge in [0.2, 0.25) is 0 Å². The highest BCUT2D eigenvalue weighted by molar-refractivity contribution is 5.65. The molecule has 2 rings (SSSR count). The van der Waals surface area contributed by atoms with E-state index in [-0.39, 0.29) is 0 Å². The van der Waals surface area contributed by atoms with Gasteiger partial charge in [-0.1, -0.05) is 0 Å². The third-order valence-corrected chi connectivity index (χ3v) is 3.22. The number of benzene rings is 1. The largest absolute Gasteiger partial charge is 0.484 e. The summed E-state index contributed by atoms with van der Waals surface area (Å²) in [6, 6.07) is 5.35. The first-order chi connectivity index (χ1) is 8.85. The number of aliphatic hydroxyl groups is 1. The second-order valence-corrected chi connectivity index (χ2v) is 5.01. The highest BCUT2D eigenvalue weighted by Crippen LogP contribution is 2.42. The molecule has 0 aromatic heterocycles. The predicted octanol–water partition coefficient (Wildman–Crippen LogP) is 1.40. The number of ether oxygens (including phenoxy) is 2. The Labute approximate surface area is 111 Å². The molecule has 19 heavy (non-hydrogen) atoms. The number of nitrogens with two attached hydrogens (primary N) is 1. The van der Waals surface area contributed by atoms with Crippen molar-refractivity contribution >= 4 is 11.8 Å². The number of carbonyl (C=O) groups is 1. The minimum Gasteiger partial charge on any atom is -0.484 e. The van der Waals surface area contributed by atoms with E-state index in [9.17, 15) is 9.90 Å². The van der Waals surface area contributed by atoms with Crippen molar-refractivity contribution in [3.8, 4) is 5.75 Å². The Kier molecular flexibility index (Phi) is 3.28. The van der Waals surface area contributed by atoms with Crippen LogP contribution < -0.4 is 15.8 Å². The lowest BCUT2D eigenvalue weighted by atomic mass is 9.88. The average molecular weight is 266 g/mol. The van der Waals surface area contributed by atoms with Crippen LogP contribution in [0.4, 0.5) is 10.5 Å². The number of fused-ring (bicyclic) bond motifs is 1. The van der Waals surface area contributed by atoms with E-state index < -0.39 is 23.9 Å². The number of carbonyl (C=O) groups excluding carboxylic acids is 1. The minimum absolute atomic E-state index is 0.563. The van der Waals surface area contributed by atoms with Gasteiger partial charge in [0.15, 0.2) is 6.10 Å². The topological polar surface area (TPSA) is 93.8 Å². The molecule has 0 radical (unpaired) electrons. The molecular weight excluding hydrogens is 248 g/mol. The van der Waals surface area contributed by atoms with Gasteiger partial charge >= 0.3 is 6.09 Å². The van der Waals surface area contributed by atoms with Crippen molar-refractivity contribution < 1.29 is 19.4 Å². The zero-order chi connectivity index (χ0) is 14.2. The van der Waals surface area contributed by atoms with Crippen molar-refractivity contribution in [1.82, 2.24) is 0 Å². The molecule has 1 amide bonds. The van der Waals surface area contributed by atoms with E-state index in [1.807, 2.05) is 6.07 Å². The molecule has 4 N–H and O–H groups in total. The summed E-state index contributed by atoms with van der Waals surface area (Å²) >= 11 is 0. The first-order valence-corrected chi connectivity index (χ1v) is 6.00. The highest BCUT2D eigenvalue weighted by atomic mass is 16.6. The van der Waals surface area contributed by atoms with Crippen LogP contribution in [0.15, 0.2) is 18.2 Å². The second kappa shape index (κ2) is 4.62. The lowest BCUT2D eigenvalue weighted by Gasteiger charge is -2.41. The molecule has 1 unspecified atom stereocenters. The Morgan fingerprint density at radius 2 is 2.21 bits per heavy atom. The number of rotatable bonds is 2. The Morgan fingerprint density at radius 1 is 1.53 bits per heavy atom. The van der Waals surface area contributed by atoms with E-state index in [4.69, 9.17) is 15.2 Å². The molecule has 1 aromatic carbocycles. The fourth-order valence-corrected chi connectivity index (χ4v) is 2.14. The van der Waals surface area contributed by atoms with E-state index in [0.717, 1.165) is 5.69 Å².